The van der Waals surface area contributed by atoms with Crippen molar-refractivity contribution in [1.82, 2.24) is 5.32 Å². The van der Waals surface area contributed by atoms with Crippen LogP contribution in [0.4, 0.5) is 0 Å². The Hall–Kier alpha value is -2.09. The lowest BCUT2D eigenvalue weighted by atomic mass is 10.1. The van der Waals surface area contributed by atoms with Crippen LogP contribution in [0.2, 0.25) is 0 Å². The first-order chi connectivity index (χ1) is 9.74. The molecule has 0 aliphatic carbocycles. The number of hydrogen-bond acceptors (Lipinski definition) is 1. The van der Waals surface area contributed by atoms with E-state index in [-0.39, 0.29) is 11.9 Å². The molecule has 2 heteroatoms. The quantitative estimate of drug-likeness (QED) is 0.854. The molecule has 0 fully saturated rings. The Morgan fingerprint density at radius 2 is 1.50 bits per heavy atom. The fraction of sp³-hybridized carbons (Fsp3) is 0.278. The first-order valence-corrected chi connectivity index (χ1v) is 7.11. The van der Waals surface area contributed by atoms with Gasteiger partial charge in [0, 0.05) is 6.04 Å². The molecular formula is C18H21NO. The van der Waals surface area contributed by atoms with E-state index in [1.54, 1.807) is 0 Å². The normalized spacial score (nSPS) is 11.8. The van der Waals surface area contributed by atoms with Crippen LogP contribution in [0.5, 0.6) is 0 Å². The molecular weight excluding hydrogens is 246 g/mol. The minimum Gasteiger partial charge on any atom is -0.353 e. The van der Waals surface area contributed by atoms with Gasteiger partial charge in [-0.15, -0.1) is 0 Å². The van der Waals surface area contributed by atoms with Gasteiger partial charge in [0.2, 0.25) is 5.91 Å². The van der Waals surface area contributed by atoms with Crippen LogP contribution in [-0.2, 0) is 17.6 Å². The van der Waals surface area contributed by atoms with Crippen molar-refractivity contribution in [3.05, 3.63) is 71.8 Å². The van der Waals surface area contributed by atoms with E-state index in [2.05, 4.69) is 24.4 Å². The van der Waals surface area contributed by atoms with Gasteiger partial charge in [0.1, 0.15) is 0 Å². The maximum absolute atomic E-state index is 11.9. The standard InChI is InChI=1S/C18H21NO/c1-15(12-13-16-8-4-2-5-9-16)19-18(20)14-17-10-6-3-7-11-17/h2-11,15H,12-14H2,1H3,(H,19,20)/t15-/m1/s1. The Balaban J connectivity index is 1.74. The van der Waals surface area contributed by atoms with Gasteiger partial charge in [-0.3, -0.25) is 4.79 Å². The van der Waals surface area contributed by atoms with Gasteiger partial charge >= 0.3 is 0 Å². The zero-order valence-corrected chi connectivity index (χ0v) is 11.9. The minimum absolute atomic E-state index is 0.0942. The number of benzene rings is 2. The van der Waals surface area contributed by atoms with Crippen molar-refractivity contribution >= 4 is 5.91 Å². The molecule has 0 saturated carbocycles. The predicted octanol–water partition coefficient (Wildman–Crippen LogP) is 3.37. The maximum atomic E-state index is 11.9. The van der Waals surface area contributed by atoms with E-state index in [1.807, 2.05) is 48.5 Å². The lowest BCUT2D eigenvalue weighted by Gasteiger charge is -2.14. The van der Waals surface area contributed by atoms with Gasteiger partial charge in [0.25, 0.3) is 0 Å². The molecule has 0 aromatic heterocycles. The van der Waals surface area contributed by atoms with Crippen LogP contribution >= 0.6 is 0 Å². The fourth-order valence-electron chi connectivity index (χ4n) is 2.21. The molecule has 0 unspecified atom stereocenters. The van der Waals surface area contributed by atoms with Crippen molar-refractivity contribution in [1.29, 1.82) is 0 Å². The Labute approximate surface area is 120 Å². The van der Waals surface area contributed by atoms with Crippen LogP contribution in [-0.4, -0.2) is 11.9 Å². The molecule has 0 spiro atoms. The minimum atomic E-state index is 0.0942. The van der Waals surface area contributed by atoms with E-state index >= 15 is 0 Å². The third kappa shape index (κ3) is 4.88. The van der Waals surface area contributed by atoms with Crippen LogP contribution in [0.3, 0.4) is 0 Å². The molecule has 20 heavy (non-hydrogen) atoms. The van der Waals surface area contributed by atoms with Crippen molar-refractivity contribution in [3.63, 3.8) is 0 Å². The van der Waals surface area contributed by atoms with Crippen LogP contribution in [0, 0.1) is 0 Å². The van der Waals surface area contributed by atoms with Gasteiger partial charge in [-0.25, -0.2) is 0 Å². The van der Waals surface area contributed by atoms with Gasteiger partial charge in [-0.2, -0.15) is 0 Å². The summed E-state index contributed by atoms with van der Waals surface area (Å²) in [6.07, 6.45) is 2.41. The fourth-order valence-corrected chi connectivity index (χ4v) is 2.21. The first kappa shape index (κ1) is 14.3. The molecule has 2 rings (SSSR count). The first-order valence-electron chi connectivity index (χ1n) is 7.11. The van der Waals surface area contributed by atoms with E-state index in [9.17, 15) is 4.79 Å². The number of carbonyl (C=O) groups is 1. The Kier molecular flexibility index (Phi) is 5.36. The molecule has 104 valence electrons. The Morgan fingerprint density at radius 3 is 2.10 bits per heavy atom. The summed E-state index contributed by atoms with van der Waals surface area (Å²) < 4.78 is 0. The summed E-state index contributed by atoms with van der Waals surface area (Å²) in [4.78, 5) is 11.9. The van der Waals surface area contributed by atoms with E-state index in [4.69, 9.17) is 0 Å². The third-order valence-corrected chi connectivity index (χ3v) is 3.32. The summed E-state index contributed by atoms with van der Waals surface area (Å²) in [5.41, 5.74) is 2.37. The molecule has 2 aromatic rings. The summed E-state index contributed by atoms with van der Waals surface area (Å²) in [5, 5.41) is 3.06. The molecule has 0 heterocycles. The van der Waals surface area contributed by atoms with Crippen molar-refractivity contribution in [3.8, 4) is 0 Å². The van der Waals surface area contributed by atoms with Gasteiger partial charge in [0.05, 0.1) is 6.42 Å². The third-order valence-electron chi connectivity index (χ3n) is 3.32. The number of carbonyl (C=O) groups excluding carboxylic acids is 1. The number of rotatable bonds is 6. The second-order valence-corrected chi connectivity index (χ2v) is 5.16. The zero-order chi connectivity index (χ0) is 14.2. The topological polar surface area (TPSA) is 29.1 Å². The lowest BCUT2D eigenvalue weighted by molar-refractivity contribution is -0.121. The van der Waals surface area contributed by atoms with Crippen molar-refractivity contribution in [2.45, 2.75) is 32.2 Å². The maximum Gasteiger partial charge on any atom is 0.224 e. The van der Waals surface area contributed by atoms with Gasteiger partial charge < -0.3 is 5.32 Å². The van der Waals surface area contributed by atoms with Crippen molar-refractivity contribution < 1.29 is 4.79 Å². The predicted molar refractivity (Wildman–Crippen MR) is 82.5 cm³/mol. The van der Waals surface area contributed by atoms with Gasteiger partial charge in [0.15, 0.2) is 0 Å². The molecule has 1 N–H and O–H groups in total. The summed E-state index contributed by atoms with van der Waals surface area (Å²) >= 11 is 0. The molecule has 0 aliphatic heterocycles. The summed E-state index contributed by atoms with van der Waals surface area (Å²) in [7, 11) is 0. The highest BCUT2D eigenvalue weighted by Gasteiger charge is 2.08. The summed E-state index contributed by atoms with van der Waals surface area (Å²) in [6.45, 7) is 2.06. The molecule has 0 saturated heterocycles. The molecule has 2 nitrogen and oxygen atoms in total. The Morgan fingerprint density at radius 1 is 0.950 bits per heavy atom. The SMILES string of the molecule is C[C@H](CCc1ccccc1)NC(=O)Cc1ccccc1. The largest absolute Gasteiger partial charge is 0.353 e. The number of amides is 1. The molecule has 0 aliphatic rings. The van der Waals surface area contributed by atoms with Crippen LogP contribution in [0.1, 0.15) is 24.5 Å². The highest BCUT2D eigenvalue weighted by Crippen LogP contribution is 2.05. The average molecular weight is 267 g/mol. The van der Waals surface area contributed by atoms with E-state index in [0.29, 0.717) is 6.42 Å². The van der Waals surface area contributed by atoms with Crippen LogP contribution in [0.15, 0.2) is 60.7 Å². The van der Waals surface area contributed by atoms with Crippen molar-refractivity contribution in [2.75, 3.05) is 0 Å². The van der Waals surface area contributed by atoms with Gasteiger partial charge in [-0.1, -0.05) is 60.7 Å². The second-order valence-electron chi connectivity index (χ2n) is 5.16. The highest BCUT2D eigenvalue weighted by molar-refractivity contribution is 5.78. The summed E-state index contributed by atoms with van der Waals surface area (Å²) in [6, 6.07) is 20.4. The molecule has 1 amide bonds. The summed E-state index contributed by atoms with van der Waals surface area (Å²) in [5.74, 6) is 0.0942. The lowest BCUT2D eigenvalue weighted by Crippen LogP contribution is -2.34. The molecule has 1 atom stereocenters. The van der Waals surface area contributed by atoms with E-state index in [1.165, 1.54) is 5.56 Å². The van der Waals surface area contributed by atoms with Gasteiger partial charge in [-0.05, 0) is 30.9 Å². The second kappa shape index (κ2) is 7.49. The van der Waals surface area contributed by atoms with Crippen molar-refractivity contribution in [2.24, 2.45) is 0 Å². The van der Waals surface area contributed by atoms with E-state index < -0.39 is 0 Å². The molecule has 2 aromatic carbocycles. The van der Waals surface area contributed by atoms with E-state index in [0.717, 1.165) is 18.4 Å². The number of nitrogens with one attached hydrogen (secondary N) is 1. The van der Waals surface area contributed by atoms with Crippen LogP contribution < -0.4 is 5.32 Å². The van der Waals surface area contributed by atoms with Crippen LogP contribution in [0.25, 0.3) is 0 Å². The number of aryl methyl sites for hydroxylation is 1. The monoisotopic (exact) mass is 267 g/mol. The number of hydrogen-bond donors (Lipinski definition) is 1. The molecule has 0 bridgehead atoms. The molecule has 0 radical (unpaired) electrons. The Bertz CT molecular complexity index is 522. The highest BCUT2D eigenvalue weighted by atomic mass is 16.1. The smallest absolute Gasteiger partial charge is 0.224 e. The zero-order valence-electron chi connectivity index (χ0n) is 11.9. The average Bonchev–Trinajstić information content (AvgIpc) is 2.47.